The van der Waals surface area contributed by atoms with Gasteiger partial charge in [0.05, 0.1) is 23.5 Å². The van der Waals surface area contributed by atoms with Crippen LogP contribution in [0.5, 0.6) is 5.75 Å². The Balaban J connectivity index is 2.00. The third kappa shape index (κ3) is 3.94. The number of carbonyl (C=O) groups is 2. The van der Waals surface area contributed by atoms with Gasteiger partial charge in [0, 0.05) is 21.2 Å². The zero-order valence-electron chi connectivity index (χ0n) is 17.6. The molecule has 0 bridgehead atoms. The first kappa shape index (κ1) is 22.8. The summed E-state index contributed by atoms with van der Waals surface area (Å²) in [7, 11) is 0. The molecule has 2 unspecified atom stereocenters. The molecule has 0 fully saturated rings. The van der Waals surface area contributed by atoms with E-state index in [2.05, 4.69) is 10.6 Å². The van der Waals surface area contributed by atoms with Crippen LogP contribution >= 0.6 is 23.2 Å². The van der Waals surface area contributed by atoms with Crippen LogP contribution in [-0.4, -0.2) is 23.6 Å². The van der Waals surface area contributed by atoms with Crippen molar-refractivity contribution in [1.82, 2.24) is 0 Å². The molecule has 5 N–H and O–H groups in total. The number of aromatic carboxylic acids is 1. The lowest BCUT2D eigenvalue weighted by Crippen LogP contribution is -2.50. The van der Waals surface area contributed by atoms with Crippen molar-refractivity contribution >= 4 is 46.5 Å². The van der Waals surface area contributed by atoms with Gasteiger partial charge >= 0.3 is 5.97 Å². The molecule has 2 atom stereocenters. The highest BCUT2D eigenvalue weighted by Crippen LogP contribution is 2.52. The molecule has 9 heteroatoms. The van der Waals surface area contributed by atoms with Crippen molar-refractivity contribution in [3.8, 4) is 5.75 Å². The number of hydrogen-bond donors (Lipinski definition) is 4. The summed E-state index contributed by atoms with van der Waals surface area (Å²) in [5.41, 5.74) is 6.60. The second-order valence-electron chi connectivity index (χ2n) is 7.53. The molecule has 1 aliphatic rings. The van der Waals surface area contributed by atoms with E-state index in [-0.39, 0.29) is 5.56 Å². The standard InChI is InChI=1S/C24H21Cl2N3O4/c1-2-33-19-9-4-3-6-14(19)20(22(27)30)24(21-15(25)7-5-8-16(21)26)28-17-11-10-13(23(31)32)12-18(17)29-24/h3-12,20,28-29H,2H2,1H3,(H2,27,30)(H,31,32). The molecule has 1 amide bonds. The van der Waals surface area contributed by atoms with Crippen LogP contribution in [0.1, 0.15) is 34.3 Å². The number of carboxylic acid groups (broad SMARTS) is 1. The number of benzene rings is 3. The number of fused-ring (bicyclic) bond motifs is 1. The summed E-state index contributed by atoms with van der Waals surface area (Å²) in [6, 6.07) is 16.6. The lowest BCUT2D eigenvalue weighted by molar-refractivity contribution is -0.120. The Morgan fingerprint density at radius 2 is 1.70 bits per heavy atom. The van der Waals surface area contributed by atoms with Crippen LogP contribution in [0.15, 0.2) is 60.7 Å². The van der Waals surface area contributed by atoms with Gasteiger partial charge in [-0.1, -0.05) is 47.5 Å². The van der Waals surface area contributed by atoms with Gasteiger partial charge in [-0.15, -0.1) is 0 Å². The Morgan fingerprint density at radius 1 is 1.03 bits per heavy atom. The fraction of sp³-hybridized carbons (Fsp3) is 0.167. The zero-order valence-corrected chi connectivity index (χ0v) is 19.1. The highest BCUT2D eigenvalue weighted by molar-refractivity contribution is 6.36. The smallest absolute Gasteiger partial charge is 0.335 e. The number of para-hydroxylation sites is 1. The lowest BCUT2D eigenvalue weighted by Gasteiger charge is -2.39. The van der Waals surface area contributed by atoms with E-state index in [0.717, 1.165) is 0 Å². The first-order chi connectivity index (χ1) is 15.8. The van der Waals surface area contributed by atoms with Crippen LogP contribution in [0.4, 0.5) is 11.4 Å². The molecule has 4 rings (SSSR count). The number of nitrogens with two attached hydrogens (primary N) is 1. The lowest BCUT2D eigenvalue weighted by atomic mass is 9.80. The number of carbonyl (C=O) groups excluding carboxylic acids is 1. The van der Waals surface area contributed by atoms with Crippen LogP contribution in [0, 0.1) is 0 Å². The van der Waals surface area contributed by atoms with E-state index < -0.39 is 23.5 Å². The molecule has 0 spiro atoms. The predicted molar refractivity (Wildman–Crippen MR) is 128 cm³/mol. The number of halogens is 2. The van der Waals surface area contributed by atoms with E-state index in [0.29, 0.717) is 44.9 Å². The largest absolute Gasteiger partial charge is 0.494 e. The van der Waals surface area contributed by atoms with E-state index in [4.69, 9.17) is 33.7 Å². The van der Waals surface area contributed by atoms with Crippen molar-refractivity contribution < 1.29 is 19.4 Å². The number of primary amides is 1. The average Bonchev–Trinajstić information content (AvgIpc) is 3.13. The molecule has 170 valence electrons. The van der Waals surface area contributed by atoms with Crippen molar-refractivity contribution in [3.05, 3.63) is 87.4 Å². The van der Waals surface area contributed by atoms with Gasteiger partial charge in [0.15, 0.2) is 5.66 Å². The minimum Gasteiger partial charge on any atom is -0.494 e. The van der Waals surface area contributed by atoms with Crippen LogP contribution in [0.3, 0.4) is 0 Å². The molecule has 1 aliphatic heterocycles. The second-order valence-corrected chi connectivity index (χ2v) is 8.34. The van der Waals surface area contributed by atoms with Gasteiger partial charge < -0.3 is 26.2 Å². The molecule has 1 heterocycles. The third-order valence-electron chi connectivity index (χ3n) is 5.53. The first-order valence-electron chi connectivity index (χ1n) is 10.2. The zero-order chi connectivity index (χ0) is 23.8. The van der Waals surface area contributed by atoms with Gasteiger partial charge in [0.2, 0.25) is 5.91 Å². The maximum Gasteiger partial charge on any atom is 0.335 e. The molecular weight excluding hydrogens is 465 g/mol. The summed E-state index contributed by atoms with van der Waals surface area (Å²) in [6.07, 6.45) is 0. The highest BCUT2D eigenvalue weighted by atomic mass is 35.5. The molecule has 0 saturated heterocycles. The van der Waals surface area contributed by atoms with Gasteiger partial charge in [-0.3, -0.25) is 4.79 Å². The number of rotatable bonds is 7. The van der Waals surface area contributed by atoms with Crippen molar-refractivity contribution in [1.29, 1.82) is 0 Å². The summed E-state index contributed by atoms with van der Waals surface area (Å²) >= 11 is 13.2. The maximum atomic E-state index is 13.1. The Labute approximate surface area is 200 Å². The quantitative estimate of drug-likeness (QED) is 0.372. The minimum atomic E-state index is -1.42. The maximum absolute atomic E-state index is 13.1. The topological polar surface area (TPSA) is 114 Å². The Hall–Kier alpha value is -3.42. The van der Waals surface area contributed by atoms with E-state index in [9.17, 15) is 14.7 Å². The van der Waals surface area contributed by atoms with Crippen molar-refractivity contribution in [3.63, 3.8) is 0 Å². The summed E-state index contributed by atoms with van der Waals surface area (Å²) in [5.74, 6) is -2.30. The van der Waals surface area contributed by atoms with Crippen molar-refractivity contribution in [2.75, 3.05) is 17.2 Å². The monoisotopic (exact) mass is 485 g/mol. The van der Waals surface area contributed by atoms with E-state index in [1.165, 1.54) is 12.1 Å². The molecule has 0 aromatic heterocycles. The van der Waals surface area contributed by atoms with Crippen LogP contribution in [0.25, 0.3) is 0 Å². The minimum absolute atomic E-state index is 0.0782. The summed E-state index contributed by atoms with van der Waals surface area (Å²) < 4.78 is 5.79. The van der Waals surface area contributed by atoms with E-state index in [1.54, 1.807) is 48.5 Å². The second kappa shape index (κ2) is 8.84. The molecule has 0 saturated carbocycles. The Kier molecular flexibility index (Phi) is 6.10. The number of nitrogens with one attached hydrogen (secondary N) is 2. The van der Waals surface area contributed by atoms with Gasteiger partial charge in [0.1, 0.15) is 11.7 Å². The van der Waals surface area contributed by atoms with E-state index >= 15 is 0 Å². The number of carboxylic acids is 1. The first-order valence-corrected chi connectivity index (χ1v) is 10.9. The fourth-order valence-electron chi connectivity index (χ4n) is 4.24. The van der Waals surface area contributed by atoms with Crippen LogP contribution in [0.2, 0.25) is 10.0 Å². The van der Waals surface area contributed by atoms with Gasteiger partial charge in [0.25, 0.3) is 0 Å². The van der Waals surface area contributed by atoms with Gasteiger partial charge in [-0.25, -0.2) is 4.79 Å². The molecule has 0 aliphatic carbocycles. The average molecular weight is 486 g/mol. The highest BCUT2D eigenvalue weighted by Gasteiger charge is 2.51. The normalized spacial score (nSPS) is 17.4. The SMILES string of the molecule is CCOc1ccccc1C(C(N)=O)C1(c2c(Cl)cccc2Cl)Nc2ccc(C(=O)O)cc2N1. The Bertz CT molecular complexity index is 1230. The number of amides is 1. The molecule has 3 aromatic rings. The number of hydrogen-bond acceptors (Lipinski definition) is 5. The summed E-state index contributed by atoms with van der Waals surface area (Å²) in [5, 5.41) is 16.7. The molecule has 33 heavy (non-hydrogen) atoms. The van der Waals surface area contributed by atoms with Gasteiger partial charge in [-0.2, -0.15) is 0 Å². The third-order valence-corrected chi connectivity index (χ3v) is 6.16. The van der Waals surface area contributed by atoms with Crippen molar-refractivity contribution in [2.24, 2.45) is 5.73 Å². The van der Waals surface area contributed by atoms with Crippen LogP contribution in [-0.2, 0) is 10.5 Å². The Morgan fingerprint density at radius 3 is 2.33 bits per heavy atom. The molecule has 0 radical (unpaired) electrons. The van der Waals surface area contributed by atoms with E-state index in [1.807, 2.05) is 6.92 Å². The van der Waals surface area contributed by atoms with Gasteiger partial charge in [-0.05, 0) is 43.3 Å². The molecular formula is C24H21Cl2N3O4. The molecule has 3 aromatic carbocycles. The van der Waals surface area contributed by atoms with Crippen LogP contribution < -0.4 is 21.1 Å². The number of ether oxygens (including phenoxy) is 1. The fourth-order valence-corrected chi connectivity index (χ4v) is 4.94. The molecule has 7 nitrogen and oxygen atoms in total. The predicted octanol–water partition coefficient (Wildman–Crippen LogP) is 5.05. The summed E-state index contributed by atoms with van der Waals surface area (Å²) in [4.78, 5) is 24.6. The number of anilines is 2. The van der Waals surface area contributed by atoms with Crippen molar-refractivity contribution in [2.45, 2.75) is 18.5 Å². The summed E-state index contributed by atoms with van der Waals surface area (Å²) in [6.45, 7) is 2.22.